The molecule has 1 fully saturated rings. The van der Waals surface area contributed by atoms with Crippen LogP contribution >= 0.6 is 0 Å². The second kappa shape index (κ2) is 5.01. The van der Waals surface area contributed by atoms with E-state index < -0.39 is 22.4 Å². The van der Waals surface area contributed by atoms with Crippen molar-refractivity contribution >= 4 is 10.8 Å². The van der Waals surface area contributed by atoms with Gasteiger partial charge in [-0.15, -0.1) is 0 Å². The van der Waals surface area contributed by atoms with Gasteiger partial charge in [-0.2, -0.15) is 0 Å². The van der Waals surface area contributed by atoms with Gasteiger partial charge in [-0.1, -0.05) is 0 Å². The maximum absolute atomic E-state index is 13.2. The second-order valence-electron chi connectivity index (χ2n) is 4.01. The van der Waals surface area contributed by atoms with E-state index in [9.17, 15) is 13.0 Å². The van der Waals surface area contributed by atoms with Crippen molar-refractivity contribution in [3.8, 4) is 0 Å². The predicted octanol–water partition coefficient (Wildman–Crippen LogP) is 1.43. The third-order valence-corrected chi connectivity index (χ3v) is 4.09. The van der Waals surface area contributed by atoms with Crippen LogP contribution in [0.25, 0.3) is 0 Å². The molecule has 5 heteroatoms. The van der Waals surface area contributed by atoms with Crippen LogP contribution in [0.4, 0.5) is 8.78 Å². The predicted molar refractivity (Wildman–Crippen MR) is 59.4 cm³/mol. The van der Waals surface area contributed by atoms with Gasteiger partial charge >= 0.3 is 0 Å². The molecule has 0 radical (unpaired) electrons. The molecule has 2 rings (SSSR count). The molecule has 1 aromatic rings. The smallest absolute Gasteiger partial charge is 0.127 e. The zero-order chi connectivity index (χ0) is 11.5. The number of benzene rings is 1. The Hall–Kier alpha value is -0.810. The summed E-state index contributed by atoms with van der Waals surface area (Å²) in [5.74, 6) is 0.0981. The molecule has 0 aliphatic carbocycles. The van der Waals surface area contributed by atoms with Crippen molar-refractivity contribution in [2.75, 3.05) is 18.8 Å². The summed E-state index contributed by atoms with van der Waals surface area (Å²) in [5, 5.41) is 3.08. The third-order valence-electron chi connectivity index (χ3n) is 2.61. The molecule has 1 aliphatic rings. The quantitative estimate of drug-likeness (QED) is 0.869. The summed E-state index contributed by atoms with van der Waals surface area (Å²) in [6, 6.07) is 3.26. The highest BCUT2D eigenvalue weighted by Crippen LogP contribution is 2.14. The third kappa shape index (κ3) is 2.86. The minimum Gasteiger partial charge on any atom is -0.316 e. The Labute approximate surface area is 95.5 Å². The highest BCUT2D eigenvalue weighted by atomic mass is 32.2. The van der Waals surface area contributed by atoms with Crippen molar-refractivity contribution < 1.29 is 13.0 Å². The van der Waals surface area contributed by atoms with Crippen LogP contribution < -0.4 is 5.32 Å². The highest BCUT2D eigenvalue weighted by molar-refractivity contribution is 7.84. The molecule has 1 heterocycles. The maximum atomic E-state index is 13.2. The summed E-state index contributed by atoms with van der Waals surface area (Å²) in [7, 11) is -1.11. The molecule has 0 spiro atoms. The monoisotopic (exact) mass is 245 g/mol. The SMILES string of the molecule is O=S(Cc1cc(F)ccc1F)CC1CNC1. The first kappa shape index (κ1) is 11.7. The Bertz CT molecular complexity index is 407. The molecule has 2 nitrogen and oxygen atoms in total. The molecule has 0 bridgehead atoms. The van der Waals surface area contributed by atoms with E-state index in [4.69, 9.17) is 0 Å². The van der Waals surface area contributed by atoms with Crippen LogP contribution in [0.15, 0.2) is 18.2 Å². The fraction of sp³-hybridized carbons (Fsp3) is 0.455. The van der Waals surface area contributed by atoms with Crippen molar-refractivity contribution in [1.82, 2.24) is 5.32 Å². The van der Waals surface area contributed by atoms with Gasteiger partial charge in [0.2, 0.25) is 0 Å². The first-order chi connectivity index (χ1) is 7.65. The van der Waals surface area contributed by atoms with E-state index in [1.807, 2.05) is 0 Å². The summed E-state index contributed by atoms with van der Waals surface area (Å²) in [6.45, 7) is 1.74. The molecule has 1 N–H and O–H groups in total. The number of halogens is 2. The summed E-state index contributed by atoms with van der Waals surface area (Å²) in [5.41, 5.74) is 0.200. The molecule has 0 amide bonds. The van der Waals surface area contributed by atoms with E-state index >= 15 is 0 Å². The summed E-state index contributed by atoms with van der Waals surface area (Å²) >= 11 is 0. The summed E-state index contributed by atoms with van der Waals surface area (Å²) in [6.07, 6.45) is 0. The number of hydrogen-bond donors (Lipinski definition) is 1. The second-order valence-corrected chi connectivity index (χ2v) is 5.51. The van der Waals surface area contributed by atoms with Gasteiger partial charge in [0.15, 0.2) is 0 Å². The topological polar surface area (TPSA) is 29.1 Å². The molecule has 0 aromatic heterocycles. The first-order valence-corrected chi connectivity index (χ1v) is 6.63. The molecule has 1 saturated heterocycles. The zero-order valence-electron chi connectivity index (χ0n) is 8.71. The van der Waals surface area contributed by atoms with E-state index in [2.05, 4.69) is 5.32 Å². The van der Waals surface area contributed by atoms with Gasteiger partial charge < -0.3 is 5.32 Å². The van der Waals surface area contributed by atoms with Gasteiger partial charge in [-0.05, 0) is 24.1 Å². The van der Waals surface area contributed by atoms with Crippen molar-refractivity contribution in [2.24, 2.45) is 5.92 Å². The van der Waals surface area contributed by atoms with Crippen molar-refractivity contribution in [1.29, 1.82) is 0 Å². The minimum atomic E-state index is -1.11. The Morgan fingerprint density at radius 2 is 2.12 bits per heavy atom. The average Bonchev–Trinajstić information content (AvgIpc) is 2.18. The number of hydrogen-bond acceptors (Lipinski definition) is 2. The van der Waals surface area contributed by atoms with Gasteiger partial charge in [0.1, 0.15) is 11.6 Å². The summed E-state index contributed by atoms with van der Waals surface area (Å²) in [4.78, 5) is 0. The molecule has 1 unspecified atom stereocenters. The minimum absolute atomic E-state index is 0.0973. The highest BCUT2D eigenvalue weighted by Gasteiger charge is 2.20. The molecule has 1 atom stereocenters. The Balaban J connectivity index is 1.96. The standard InChI is InChI=1S/C11H13F2NOS/c12-10-1-2-11(13)9(3-10)7-16(15)6-8-4-14-5-8/h1-3,8,14H,4-7H2. The Morgan fingerprint density at radius 1 is 1.38 bits per heavy atom. The lowest BCUT2D eigenvalue weighted by atomic mass is 10.1. The van der Waals surface area contributed by atoms with E-state index in [-0.39, 0.29) is 11.3 Å². The van der Waals surface area contributed by atoms with Gasteiger partial charge in [0, 0.05) is 35.2 Å². The van der Waals surface area contributed by atoms with E-state index in [1.165, 1.54) is 0 Å². The fourth-order valence-corrected chi connectivity index (χ4v) is 3.06. The molecule has 1 aliphatic heterocycles. The molecule has 88 valence electrons. The van der Waals surface area contributed by atoms with Crippen molar-refractivity contribution in [3.63, 3.8) is 0 Å². The lowest BCUT2D eigenvalue weighted by molar-refractivity contribution is 0.382. The lowest BCUT2D eigenvalue weighted by Crippen LogP contribution is -2.44. The van der Waals surface area contributed by atoms with Crippen LogP contribution in [-0.2, 0) is 16.6 Å². The molecule has 1 aromatic carbocycles. The normalized spacial score (nSPS) is 18.1. The first-order valence-electron chi connectivity index (χ1n) is 5.15. The maximum Gasteiger partial charge on any atom is 0.127 e. The average molecular weight is 245 g/mol. The van der Waals surface area contributed by atoms with E-state index in [0.29, 0.717) is 11.7 Å². The van der Waals surface area contributed by atoms with Gasteiger partial charge in [-0.25, -0.2) is 8.78 Å². The van der Waals surface area contributed by atoms with Gasteiger partial charge in [0.25, 0.3) is 0 Å². The van der Waals surface area contributed by atoms with Gasteiger partial charge in [-0.3, -0.25) is 4.21 Å². The van der Waals surface area contributed by atoms with E-state index in [1.54, 1.807) is 0 Å². The van der Waals surface area contributed by atoms with Crippen LogP contribution in [0.5, 0.6) is 0 Å². The van der Waals surface area contributed by atoms with Crippen molar-refractivity contribution in [3.05, 3.63) is 35.4 Å². The Kier molecular flexibility index (Phi) is 3.66. The molecule has 0 saturated carbocycles. The molecular formula is C11H13F2NOS. The summed E-state index contributed by atoms with van der Waals surface area (Å²) < 4.78 is 37.8. The molecular weight excluding hydrogens is 232 g/mol. The zero-order valence-corrected chi connectivity index (χ0v) is 9.53. The van der Waals surface area contributed by atoms with Crippen molar-refractivity contribution in [2.45, 2.75) is 5.75 Å². The van der Waals surface area contributed by atoms with Crippen LogP contribution in [0.3, 0.4) is 0 Å². The largest absolute Gasteiger partial charge is 0.316 e. The van der Waals surface area contributed by atoms with Crippen LogP contribution in [0.2, 0.25) is 0 Å². The number of rotatable bonds is 4. The van der Waals surface area contributed by atoms with Crippen LogP contribution in [0.1, 0.15) is 5.56 Å². The Morgan fingerprint density at radius 3 is 2.75 bits per heavy atom. The van der Waals surface area contributed by atoms with Crippen LogP contribution in [0, 0.1) is 17.6 Å². The van der Waals surface area contributed by atoms with Gasteiger partial charge in [0.05, 0.1) is 5.75 Å². The number of nitrogens with one attached hydrogen (secondary N) is 1. The lowest BCUT2D eigenvalue weighted by Gasteiger charge is -2.26. The fourth-order valence-electron chi connectivity index (χ4n) is 1.62. The van der Waals surface area contributed by atoms with E-state index in [0.717, 1.165) is 31.3 Å². The molecule has 16 heavy (non-hydrogen) atoms. The van der Waals surface area contributed by atoms with Crippen LogP contribution in [-0.4, -0.2) is 23.1 Å².